The number of hydrogen-bond acceptors (Lipinski definition) is 8. The molecule has 0 radical (unpaired) electrons. The molecule has 1 amide bonds. The van der Waals surface area contributed by atoms with E-state index >= 15 is 0 Å². The van der Waals surface area contributed by atoms with Crippen LogP contribution >= 0.6 is 19.8 Å². The molecular formula is C19H24N5O3PS. The van der Waals surface area contributed by atoms with Gasteiger partial charge in [-0.1, -0.05) is 13.0 Å². The molecule has 1 unspecified atom stereocenters. The largest absolute Gasteiger partial charge is 0.505 e. The first-order valence-corrected chi connectivity index (χ1v) is 11.4. The van der Waals surface area contributed by atoms with Crippen LogP contribution in [0, 0.1) is 20.8 Å². The lowest BCUT2D eigenvalue weighted by atomic mass is 10.1. The second-order valence-corrected chi connectivity index (χ2v) is 9.18. The van der Waals surface area contributed by atoms with Crippen molar-refractivity contribution in [1.82, 2.24) is 14.1 Å². The molecule has 2 aromatic heterocycles. The summed E-state index contributed by atoms with van der Waals surface area (Å²) in [6.45, 7) is 7.82. The topological polar surface area (TPSA) is 112 Å². The highest BCUT2D eigenvalue weighted by molar-refractivity contribution is 7.66. The predicted octanol–water partition coefficient (Wildman–Crippen LogP) is 4.02. The summed E-state index contributed by atoms with van der Waals surface area (Å²) >= 11 is 1.06. The minimum absolute atomic E-state index is 0.127. The van der Waals surface area contributed by atoms with Gasteiger partial charge in [-0.15, -0.1) is 0 Å². The Morgan fingerprint density at radius 3 is 2.55 bits per heavy atom. The number of aromatic hydroxyl groups is 1. The quantitative estimate of drug-likeness (QED) is 0.329. The number of benzene rings is 1. The fourth-order valence-electron chi connectivity index (χ4n) is 2.78. The van der Waals surface area contributed by atoms with Crippen LogP contribution in [0.3, 0.4) is 0 Å². The van der Waals surface area contributed by atoms with Crippen LogP contribution in [0.5, 0.6) is 5.75 Å². The Morgan fingerprint density at radius 1 is 1.21 bits per heavy atom. The van der Waals surface area contributed by atoms with Crippen LogP contribution in [0.4, 0.5) is 17.3 Å². The Morgan fingerprint density at radius 2 is 1.93 bits per heavy atom. The summed E-state index contributed by atoms with van der Waals surface area (Å²) in [6.07, 6.45) is 0.856. The maximum absolute atomic E-state index is 12.1. The Hall–Kier alpha value is -2.64. The van der Waals surface area contributed by atoms with Crippen molar-refractivity contribution in [2.75, 3.05) is 23.6 Å². The summed E-state index contributed by atoms with van der Waals surface area (Å²) in [7, 11) is 0.725. The van der Waals surface area contributed by atoms with Crippen molar-refractivity contribution in [2.45, 2.75) is 27.7 Å². The number of phenols is 1. The molecule has 10 heteroatoms. The van der Waals surface area contributed by atoms with Gasteiger partial charge in [0.15, 0.2) is 17.4 Å². The molecule has 4 N–H and O–H groups in total. The van der Waals surface area contributed by atoms with Gasteiger partial charge < -0.3 is 25.2 Å². The number of aryl methyl sites for hydroxylation is 3. The van der Waals surface area contributed by atoms with E-state index in [0.717, 1.165) is 34.7 Å². The van der Waals surface area contributed by atoms with E-state index in [1.165, 1.54) is 7.05 Å². The van der Waals surface area contributed by atoms with Crippen molar-refractivity contribution >= 4 is 48.5 Å². The number of nitrogens with one attached hydrogen (secondary N) is 3. The zero-order valence-corrected chi connectivity index (χ0v) is 18.7. The van der Waals surface area contributed by atoms with Gasteiger partial charge in [0.25, 0.3) is 5.91 Å². The summed E-state index contributed by atoms with van der Waals surface area (Å²) in [5.74, 6) is 1.49. The molecule has 1 aromatic carbocycles. The summed E-state index contributed by atoms with van der Waals surface area (Å²) < 4.78 is 14.5. The third kappa shape index (κ3) is 4.36. The van der Waals surface area contributed by atoms with Gasteiger partial charge in [0, 0.05) is 7.05 Å². The van der Waals surface area contributed by atoms with Crippen molar-refractivity contribution in [3.63, 3.8) is 0 Å². The highest BCUT2D eigenvalue weighted by Gasteiger charge is 2.21. The minimum Gasteiger partial charge on any atom is -0.505 e. The van der Waals surface area contributed by atoms with Gasteiger partial charge in [-0.25, -0.2) is 0 Å². The second kappa shape index (κ2) is 8.80. The minimum atomic E-state index is -0.801. The molecule has 2 heterocycles. The van der Waals surface area contributed by atoms with E-state index < -0.39 is 8.07 Å². The zero-order chi connectivity index (χ0) is 21.1. The lowest BCUT2D eigenvalue weighted by molar-refractivity contribution is 0.0960. The van der Waals surface area contributed by atoms with Crippen molar-refractivity contribution in [3.05, 3.63) is 40.6 Å². The van der Waals surface area contributed by atoms with Crippen molar-refractivity contribution in [3.8, 4) is 5.75 Å². The molecule has 1 atom stereocenters. The van der Waals surface area contributed by atoms with Gasteiger partial charge in [-0.2, -0.15) is 8.75 Å². The van der Waals surface area contributed by atoms with E-state index in [9.17, 15) is 9.90 Å². The first kappa shape index (κ1) is 21.1. The first-order valence-electron chi connectivity index (χ1n) is 9.11. The van der Waals surface area contributed by atoms with E-state index in [4.69, 9.17) is 4.42 Å². The van der Waals surface area contributed by atoms with Crippen LogP contribution in [0.25, 0.3) is 0 Å². The van der Waals surface area contributed by atoms with E-state index in [1.807, 2.05) is 19.9 Å². The number of amides is 1. The standard InChI is InChI=1S/C19H24N5O3PS/c1-6-28(14-9-11(3)12(4)27-14)22-18-17(23-29-24-18)21-13-8-7-10(2)15(16(13)25)19(26)20-5/h7-9,25H,6H2,1-5H3,(H,20,26)(H,21,23)(H,22,24). The smallest absolute Gasteiger partial charge is 0.255 e. The molecule has 0 saturated heterocycles. The van der Waals surface area contributed by atoms with Gasteiger partial charge in [-0.3, -0.25) is 4.79 Å². The molecular weight excluding hydrogens is 409 g/mol. The normalized spacial score (nSPS) is 11.9. The van der Waals surface area contributed by atoms with Gasteiger partial charge in [0.2, 0.25) is 0 Å². The van der Waals surface area contributed by atoms with Gasteiger partial charge in [0.05, 0.1) is 31.1 Å². The van der Waals surface area contributed by atoms with Gasteiger partial charge in [0.1, 0.15) is 11.3 Å². The molecule has 0 fully saturated rings. The Kier molecular flexibility index (Phi) is 6.39. The van der Waals surface area contributed by atoms with E-state index in [2.05, 4.69) is 31.4 Å². The van der Waals surface area contributed by atoms with E-state index in [0.29, 0.717) is 22.9 Å². The molecule has 0 bridgehead atoms. The highest BCUT2D eigenvalue weighted by atomic mass is 32.1. The molecule has 154 valence electrons. The van der Waals surface area contributed by atoms with Crippen LogP contribution < -0.4 is 21.2 Å². The Bertz CT molecular complexity index is 1010. The average molecular weight is 433 g/mol. The summed E-state index contributed by atoms with van der Waals surface area (Å²) in [5.41, 5.74) is 3.31. The molecule has 0 spiro atoms. The van der Waals surface area contributed by atoms with Crippen LogP contribution in [0.15, 0.2) is 22.6 Å². The number of anilines is 3. The molecule has 0 saturated carbocycles. The molecule has 8 nitrogen and oxygen atoms in total. The average Bonchev–Trinajstić information content (AvgIpc) is 3.27. The monoisotopic (exact) mass is 433 g/mol. The summed E-state index contributed by atoms with van der Waals surface area (Å²) in [4.78, 5) is 12.1. The van der Waals surface area contributed by atoms with Crippen LogP contribution in [-0.4, -0.2) is 33.0 Å². The van der Waals surface area contributed by atoms with Crippen LogP contribution in [-0.2, 0) is 0 Å². The molecule has 0 aliphatic heterocycles. The molecule has 29 heavy (non-hydrogen) atoms. The number of furan rings is 1. The van der Waals surface area contributed by atoms with E-state index in [1.54, 1.807) is 19.1 Å². The van der Waals surface area contributed by atoms with Crippen molar-refractivity contribution in [1.29, 1.82) is 0 Å². The molecule has 0 aliphatic rings. The Balaban J connectivity index is 1.86. The third-order valence-electron chi connectivity index (χ3n) is 4.56. The number of hydrogen-bond donors (Lipinski definition) is 4. The number of nitrogens with zero attached hydrogens (tertiary/aromatic N) is 2. The maximum Gasteiger partial charge on any atom is 0.255 e. The number of carbonyl (C=O) groups excluding carboxylic acids is 1. The maximum atomic E-state index is 12.1. The van der Waals surface area contributed by atoms with Crippen LogP contribution in [0.2, 0.25) is 0 Å². The molecule has 3 rings (SSSR count). The fourth-order valence-corrected chi connectivity index (χ4v) is 4.90. The SMILES string of the molecule is CCP(Nc1nsnc1Nc1ccc(C)c(C(=O)NC)c1O)c1cc(C)c(C)o1. The lowest BCUT2D eigenvalue weighted by Crippen LogP contribution is -2.19. The summed E-state index contributed by atoms with van der Waals surface area (Å²) in [6, 6.07) is 5.53. The Labute approximate surface area is 174 Å². The number of phenolic OH excluding ortho intramolecular Hbond substituents is 1. The number of carbonyl (C=O) groups is 1. The van der Waals surface area contributed by atoms with Crippen molar-refractivity contribution in [2.24, 2.45) is 0 Å². The highest BCUT2D eigenvalue weighted by Crippen LogP contribution is 2.40. The van der Waals surface area contributed by atoms with Crippen LogP contribution in [0.1, 0.15) is 34.2 Å². The zero-order valence-electron chi connectivity index (χ0n) is 17.0. The number of rotatable bonds is 7. The summed E-state index contributed by atoms with van der Waals surface area (Å²) in [5, 5.41) is 19.7. The lowest BCUT2D eigenvalue weighted by Gasteiger charge is -2.16. The molecule has 3 aromatic rings. The predicted molar refractivity (Wildman–Crippen MR) is 118 cm³/mol. The second-order valence-electron chi connectivity index (χ2n) is 6.50. The number of aromatic nitrogens is 2. The third-order valence-corrected chi connectivity index (χ3v) is 6.95. The fraction of sp³-hybridized carbons (Fsp3) is 0.316. The van der Waals surface area contributed by atoms with E-state index in [-0.39, 0.29) is 17.2 Å². The first-order chi connectivity index (χ1) is 13.8. The van der Waals surface area contributed by atoms with Gasteiger partial charge in [-0.05, 0) is 50.2 Å². The van der Waals surface area contributed by atoms with Gasteiger partial charge >= 0.3 is 0 Å². The molecule has 0 aliphatic carbocycles. The van der Waals surface area contributed by atoms with Crippen molar-refractivity contribution < 1.29 is 14.3 Å².